The van der Waals surface area contributed by atoms with E-state index >= 15 is 0 Å². The molecule has 0 bridgehead atoms. The molecule has 0 amide bonds. The number of benzene rings is 2. The molecule has 2 nitrogen and oxygen atoms in total. The highest BCUT2D eigenvalue weighted by atomic mass is 16.3. The van der Waals surface area contributed by atoms with E-state index < -0.39 is 6.10 Å². The Kier molecular flexibility index (Phi) is 5.16. The van der Waals surface area contributed by atoms with Crippen molar-refractivity contribution in [1.82, 2.24) is 4.90 Å². The van der Waals surface area contributed by atoms with Crippen molar-refractivity contribution in [3.05, 3.63) is 59.7 Å². The van der Waals surface area contributed by atoms with Crippen molar-refractivity contribution in [2.75, 3.05) is 20.6 Å². The molecule has 0 saturated carbocycles. The topological polar surface area (TPSA) is 23.5 Å². The number of hydrogen-bond donors (Lipinski definition) is 1. The van der Waals surface area contributed by atoms with E-state index in [0.717, 1.165) is 12.1 Å². The van der Waals surface area contributed by atoms with Gasteiger partial charge in [0.2, 0.25) is 0 Å². The second kappa shape index (κ2) is 6.88. The molecule has 0 radical (unpaired) electrons. The largest absolute Gasteiger partial charge is 0.388 e. The quantitative estimate of drug-likeness (QED) is 0.900. The van der Waals surface area contributed by atoms with Crippen molar-refractivity contribution in [2.45, 2.75) is 20.0 Å². The van der Waals surface area contributed by atoms with Crippen molar-refractivity contribution >= 4 is 0 Å². The van der Waals surface area contributed by atoms with Gasteiger partial charge >= 0.3 is 0 Å². The lowest BCUT2D eigenvalue weighted by Gasteiger charge is -2.24. The zero-order chi connectivity index (χ0) is 15.4. The van der Waals surface area contributed by atoms with Crippen LogP contribution in [0.1, 0.15) is 24.2 Å². The summed E-state index contributed by atoms with van der Waals surface area (Å²) in [6, 6.07) is 16.5. The van der Waals surface area contributed by atoms with Crippen molar-refractivity contribution in [2.24, 2.45) is 5.92 Å². The molecule has 0 saturated heterocycles. The van der Waals surface area contributed by atoms with Crippen molar-refractivity contribution in [1.29, 1.82) is 0 Å². The fraction of sp³-hybridized carbons (Fsp3) is 0.368. The summed E-state index contributed by atoms with van der Waals surface area (Å²) < 4.78 is 0. The molecule has 2 heteroatoms. The highest BCUT2D eigenvalue weighted by molar-refractivity contribution is 5.68. The van der Waals surface area contributed by atoms with E-state index in [2.05, 4.69) is 36.9 Å². The van der Waals surface area contributed by atoms with Crippen molar-refractivity contribution in [3.8, 4) is 11.1 Å². The van der Waals surface area contributed by atoms with E-state index in [1.165, 1.54) is 16.7 Å². The van der Waals surface area contributed by atoms with Crippen LogP contribution < -0.4 is 0 Å². The molecule has 112 valence electrons. The van der Waals surface area contributed by atoms with Gasteiger partial charge in [-0.25, -0.2) is 0 Å². The molecule has 21 heavy (non-hydrogen) atoms. The van der Waals surface area contributed by atoms with Crippen LogP contribution in [0.15, 0.2) is 48.5 Å². The van der Waals surface area contributed by atoms with Gasteiger partial charge in [0.05, 0.1) is 6.10 Å². The van der Waals surface area contributed by atoms with Gasteiger partial charge in [-0.15, -0.1) is 0 Å². The standard InChI is InChI=1S/C19H25NO/c1-14(13-20(3)4)19(21)18-12-8-11-17(15(18)2)16-9-6-5-7-10-16/h5-12,14,19,21H,13H2,1-4H3. The van der Waals surface area contributed by atoms with Crippen LogP contribution in [0.3, 0.4) is 0 Å². The van der Waals surface area contributed by atoms with Crippen LogP contribution in [0.2, 0.25) is 0 Å². The highest BCUT2D eigenvalue weighted by Gasteiger charge is 2.20. The summed E-state index contributed by atoms with van der Waals surface area (Å²) in [6.07, 6.45) is -0.434. The van der Waals surface area contributed by atoms with E-state index in [-0.39, 0.29) is 5.92 Å². The van der Waals surface area contributed by atoms with E-state index in [9.17, 15) is 5.11 Å². The Bertz CT molecular complexity index is 577. The van der Waals surface area contributed by atoms with E-state index in [1.54, 1.807) is 0 Å². The van der Waals surface area contributed by atoms with Crippen LogP contribution >= 0.6 is 0 Å². The molecule has 0 aliphatic carbocycles. The Balaban J connectivity index is 2.34. The van der Waals surface area contributed by atoms with Crippen LogP contribution in [-0.4, -0.2) is 30.6 Å². The maximum atomic E-state index is 10.7. The Morgan fingerprint density at radius 1 is 1.00 bits per heavy atom. The van der Waals surface area contributed by atoms with Gasteiger partial charge < -0.3 is 10.0 Å². The first-order valence-corrected chi connectivity index (χ1v) is 7.48. The average molecular weight is 283 g/mol. The average Bonchev–Trinajstić information content (AvgIpc) is 2.47. The monoisotopic (exact) mass is 283 g/mol. The SMILES string of the molecule is Cc1c(-c2ccccc2)cccc1C(O)C(C)CN(C)C. The molecule has 0 heterocycles. The lowest BCUT2D eigenvalue weighted by atomic mass is 9.89. The normalized spacial score (nSPS) is 14.2. The van der Waals surface area contributed by atoms with Gasteiger partial charge in [-0.3, -0.25) is 0 Å². The Labute approximate surface area is 128 Å². The van der Waals surface area contributed by atoms with Crippen LogP contribution in [-0.2, 0) is 0 Å². The second-order valence-electron chi connectivity index (χ2n) is 6.07. The molecule has 0 aliphatic rings. The zero-order valence-corrected chi connectivity index (χ0v) is 13.4. The van der Waals surface area contributed by atoms with Crippen LogP contribution in [0.4, 0.5) is 0 Å². The van der Waals surface area contributed by atoms with Crippen LogP contribution in [0, 0.1) is 12.8 Å². The predicted octanol–water partition coefficient (Wildman–Crippen LogP) is 3.89. The van der Waals surface area contributed by atoms with Gasteiger partial charge in [0.25, 0.3) is 0 Å². The number of hydrogen-bond acceptors (Lipinski definition) is 2. The minimum absolute atomic E-state index is 0.199. The van der Waals surface area contributed by atoms with Crippen LogP contribution in [0.25, 0.3) is 11.1 Å². The van der Waals surface area contributed by atoms with Gasteiger partial charge in [0, 0.05) is 6.54 Å². The van der Waals surface area contributed by atoms with Gasteiger partial charge in [-0.05, 0) is 49.2 Å². The van der Waals surface area contributed by atoms with Crippen molar-refractivity contribution < 1.29 is 5.11 Å². The number of aliphatic hydroxyl groups excluding tert-OH is 1. The van der Waals surface area contributed by atoms with Crippen LogP contribution in [0.5, 0.6) is 0 Å². The smallest absolute Gasteiger partial charge is 0.0830 e. The first kappa shape index (κ1) is 15.7. The highest BCUT2D eigenvalue weighted by Crippen LogP contribution is 2.31. The summed E-state index contributed by atoms with van der Waals surface area (Å²) >= 11 is 0. The molecule has 2 atom stereocenters. The van der Waals surface area contributed by atoms with Gasteiger partial charge in [0.15, 0.2) is 0 Å². The summed E-state index contributed by atoms with van der Waals surface area (Å²) in [5, 5.41) is 10.7. The summed E-state index contributed by atoms with van der Waals surface area (Å²) in [4.78, 5) is 2.12. The fourth-order valence-electron chi connectivity index (χ4n) is 2.89. The number of aliphatic hydroxyl groups is 1. The fourth-order valence-corrected chi connectivity index (χ4v) is 2.89. The van der Waals surface area contributed by atoms with E-state index in [1.807, 2.05) is 44.4 Å². The number of rotatable bonds is 5. The first-order chi connectivity index (χ1) is 10.0. The lowest BCUT2D eigenvalue weighted by Crippen LogP contribution is -2.24. The maximum Gasteiger partial charge on any atom is 0.0830 e. The Hall–Kier alpha value is -1.64. The molecule has 2 aromatic carbocycles. The molecule has 2 rings (SSSR count). The zero-order valence-electron chi connectivity index (χ0n) is 13.4. The molecule has 2 aromatic rings. The Morgan fingerprint density at radius 3 is 2.29 bits per heavy atom. The molecule has 0 fully saturated rings. The maximum absolute atomic E-state index is 10.7. The molecule has 0 spiro atoms. The summed E-state index contributed by atoms with van der Waals surface area (Å²) in [5.41, 5.74) is 4.60. The summed E-state index contributed by atoms with van der Waals surface area (Å²) in [5.74, 6) is 0.199. The van der Waals surface area contributed by atoms with Gasteiger partial charge in [0.1, 0.15) is 0 Å². The third-order valence-electron chi connectivity index (χ3n) is 3.97. The molecular formula is C19H25NO. The second-order valence-corrected chi connectivity index (χ2v) is 6.07. The van der Waals surface area contributed by atoms with Crippen molar-refractivity contribution in [3.63, 3.8) is 0 Å². The number of nitrogens with zero attached hydrogens (tertiary/aromatic N) is 1. The lowest BCUT2D eigenvalue weighted by molar-refractivity contribution is 0.0998. The molecule has 0 aromatic heterocycles. The molecule has 2 unspecified atom stereocenters. The first-order valence-electron chi connectivity index (χ1n) is 7.48. The molecule has 0 aliphatic heterocycles. The third kappa shape index (κ3) is 3.72. The van der Waals surface area contributed by atoms with Gasteiger partial charge in [-0.1, -0.05) is 55.5 Å². The van der Waals surface area contributed by atoms with E-state index in [0.29, 0.717) is 0 Å². The molecule has 1 N–H and O–H groups in total. The third-order valence-corrected chi connectivity index (χ3v) is 3.97. The predicted molar refractivity (Wildman–Crippen MR) is 89.3 cm³/mol. The minimum atomic E-state index is -0.434. The van der Waals surface area contributed by atoms with Gasteiger partial charge in [-0.2, -0.15) is 0 Å². The minimum Gasteiger partial charge on any atom is -0.388 e. The molecular weight excluding hydrogens is 258 g/mol. The van der Waals surface area contributed by atoms with E-state index in [4.69, 9.17) is 0 Å². The summed E-state index contributed by atoms with van der Waals surface area (Å²) in [6.45, 7) is 5.07. The summed E-state index contributed by atoms with van der Waals surface area (Å²) in [7, 11) is 4.08. The Morgan fingerprint density at radius 2 is 1.67 bits per heavy atom.